The molecule has 0 unspecified atom stereocenters. The Kier molecular flexibility index (Phi) is 5.21. The van der Waals surface area contributed by atoms with E-state index in [9.17, 15) is 19.5 Å². The van der Waals surface area contributed by atoms with Crippen LogP contribution in [0.15, 0.2) is 47.1 Å². The van der Waals surface area contributed by atoms with Crippen LogP contribution >= 0.6 is 0 Å². The fourth-order valence-electron chi connectivity index (χ4n) is 2.69. The van der Waals surface area contributed by atoms with E-state index in [1.165, 1.54) is 6.26 Å². The molecule has 1 fully saturated rings. The Bertz CT molecular complexity index is 786. The first-order valence-corrected chi connectivity index (χ1v) is 8.22. The van der Waals surface area contributed by atoms with Crippen molar-refractivity contribution in [2.75, 3.05) is 6.54 Å². The second-order valence-corrected chi connectivity index (χ2v) is 5.98. The maximum absolute atomic E-state index is 12.3. The number of hydrogen-bond donors (Lipinski definition) is 3. The Labute approximate surface area is 149 Å². The lowest BCUT2D eigenvalue weighted by atomic mass is 10.1. The molecular formula is C18H19N3O5. The van der Waals surface area contributed by atoms with Gasteiger partial charge >= 0.3 is 6.03 Å². The van der Waals surface area contributed by atoms with Crippen LogP contribution in [-0.4, -0.2) is 40.4 Å². The van der Waals surface area contributed by atoms with Crippen LogP contribution < -0.4 is 10.6 Å². The molecule has 0 saturated carbocycles. The molecule has 0 radical (unpaired) electrons. The summed E-state index contributed by atoms with van der Waals surface area (Å²) in [5.41, 5.74) is 0.970. The van der Waals surface area contributed by atoms with Crippen molar-refractivity contribution in [3.8, 4) is 5.75 Å². The first-order valence-electron chi connectivity index (χ1n) is 8.22. The number of amides is 4. The summed E-state index contributed by atoms with van der Waals surface area (Å²) < 4.78 is 5.14. The third kappa shape index (κ3) is 4.21. The lowest BCUT2D eigenvalue weighted by Crippen LogP contribution is -2.37. The predicted molar refractivity (Wildman–Crippen MR) is 91.0 cm³/mol. The SMILES string of the molecule is O=C(C[C@H]1NC(=O)N(Cc2ccco2)C1=O)NCCc1ccc(O)cc1. The van der Waals surface area contributed by atoms with Crippen molar-refractivity contribution in [2.45, 2.75) is 25.4 Å². The zero-order chi connectivity index (χ0) is 18.5. The van der Waals surface area contributed by atoms with Crippen molar-refractivity contribution in [2.24, 2.45) is 0 Å². The molecule has 3 N–H and O–H groups in total. The molecule has 1 aromatic carbocycles. The fourth-order valence-corrected chi connectivity index (χ4v) is 2.69. The van der Waals surface area contributed by atoms with Gasteiger partial charge in [-0.1, -0.05) is 12.1 Å². The number of urea groups is 1. The van der Waals surface area contributed by atoms with Crippen LogP contribution in [-0.2, 0) is 22.6 Å². The van der Waals surface area contributed by atoms with E-state index in [0.717, 1.165) is 10.5 Å². The Morgan fingerprint density at radius 2 is 2.00 bits per heavy atom. The molecule has 8 heteroatoms. The lowest BCUT2D eigenvalue weighted by molar-refractivity contribution is -0.131. The summed E-state index contributed by atoms with van der Waals surface area (Å²) in [7, 11) is 0. The summed E-state index contributed by atoms with van der Waals surface area (Å²) in [6, 6.07) is 8.65. The van der Waals surface area contributed by atoms with E-state index in [1.54, 1.807) is 36.4 Å². The van der Waals surface area contributed by atoms with E-state index in [1.807, 2.05) is 0 Å². The highest BCUT2D eigenvalue weighted by molar-refractivity contribution is 6.05. The zero-order valence-electron chi connectivity index (χ0n) is 14.0. The smallest absolute Gasteiger partial charge is 0.325 e. The van der Waals surface area contributed by atoms with Gasteiger partial charge in [0.05, 0.1) is 19.2 Å². The summed E-state index contributed by atoms with van der Waals surface area (Å²) in [5, 5.41) is 14.5. The molecule has 1 aliphatic heterocycles. The molecule has 1 aromatic heterocycles. The first-order chi connectivity index (χ1) is 12.5. The number of imide groups is 1. The highest BCUT2D eigenvalue weighted by atomic mass is 16.3. The van der Waals surface area contributed by atoms with E-state index in [4.69, 9.17) is 4.42 Å². The van der Waals surface area contributed by atoms with Gasteiger partial charge in [-0.25, -0.2) is 4.79 Å². The lowest BCUT2D eigenvalue weighted by Gasteiger charge is -2.11. The first kappa shape index (κ1) is 17.5. The highest BCUT2D eigenvalue weighted by Crippen LogP contribution is 2.14. The van der Waals surface area contributed by atoms with Gasteiger partial charge in [0, 0.05) is 6.54 Å². The van der Waals surface area contributed by atoms with Gasteiger partial charge < -0.3 is 20.2 Å². The van der Waals surface area contributed by atoms with E-state index < -0.39 is 18.0 Å². The van der Waals surface area contributed by atoms with Gasteiger partial charge in [0.1, 0.15) is 17.6 Å². The molecule has 1 atom stereocenters. The van der Waals surface area contributed by atoms with Gasteiger partial charge in [-0.2, -0.15) is 0 Å². The molecule has 3 rings (SSSR count). The number of phenols is 1. The van der Waals surface area contributed by atoms with Gasteiger partial charge in [0.15, 0.2) is 0 Å². The number of benzene rings is 1. The molecular weight excluding hydrogens is 338 g/mol. The van der Waals surface area contributed by atoms with Crippen LogP contribution in [0.3, 0.4) is 0 Å². The van der Waals surface area contributed by atoms with Crippen LogP contribution in [0, 0.1) is 0 Å². The van der Waals surface area contributed by atoms with Crippen molar-refractivity contribution in [3.63, 3.8) is 0 Å². The largest absolute Gasteiger partial charge is 0.508 e. The number of nitrogens with one attached hydrogen (secondary N) is 2. The van der Waals surface area contributed by atoms with Crippen LogP contribution in [0.25, 0.3) is 0 Å². The molecule has 0 spiro atoms. The van der Waals surface area contributed by atoms with E-state index in [-0.39, 0.29) is 24.6 Å². The summed E-state index contributed by atoms with van der Waals surface area (Å²) in [5.74, 6) is -0.0813. The Morgan fingerprint density at radius 3 is 2.69 bits per heavy atom. The molecule has 2 aromatic rings. The quantitative estimate of drug-likeness (QED) is 0.644. The summed E-state index contributed by atoms with van der Waals surface area (Å²) in [4.78, 5) is 37.3. The van der Waals surface area contributed by atoms with Gasteiger partial charge in [-0.15, -0.1) is 0 Å². The van der Waals surface area contributed by atoms with Gasteiger partial charge in [-0.3, -0.25) is 14.5 Å². The topological polar surface area (TPSA) is 112 Å². The monoisotopic (exact) mass is 357 g/mol. The van der Waals surface area contributed by atoms with Crippen LogP contribution in [0.4, 0.5) is 4.79 Å². The number of carbonyl (C=O) groups excluding carboxylic acids is 3. The van der Waals surface area contributed by atoms with Crippen molar-refractivity contribution < 1.29 is 23.9 Å². The van der Waals surface area contributed by atoms with E-state index >= 15 is 0 Å². The predicted octanol–water partition coefficient (Wildman–Crippen LogP) is 1.15. The average molecular weight is 357 g/mol. The number of carbonyl (C=O) groups is 3. The van der Waals surface area contributed by atoms with Gasteiger partial charge in [0.25, 0.3) is 5.91 Å². The van der Waals surface area contributed by atoms with E-state index in [2.05, 4.69) is 10.6 Å². The fraction of sp³-hybridized carbons (Fsp3) is 0.278. The standard InChI is InChI=1S/C18H19N3O5/c22-13-5-3-12(4-6-13)7-8-19-16(23)10-15-17(24)21(18(25)20-15)11-14-2-1-9-26-14/h1-6,9,15,22H,7-8,10-11H2,(H,19,23)(H,20,25)/t15-/m1/s1. The van der Waals surface area contributed by atoms with E-state index in [0.29, 0.717) is 18.7 Å². The molecule has 1 aliphatic rings. The summed E-state index contributed by atoms with van der Waals surface area (Å²) >= 11 is 0. The number of phenolic OH excluding ortho intramolecular Hbond substituents is 1. The Hall–Kier alpha value is -3.29. The van der Waals surface area contributed by atoms with Crippen LogP contribution in [0.2, 0.25) is 0 Å². The molecule has 4 amide bonds. The molecule has 136 valence electrons. The molecule has 0 aliphatic carbocycles. The third-order valence-electron chi connectivity index (χ3n) is 4.06. The maximum atomic E-state index is 12.3. The minimum absolute atomic E-state index is 0.0383. The maximum Gasteiger partial charge on any atom is 0.325 e. The number of nitrogens with zero attached hydrogens (tertiary/aromatic N) is 1. The second kappa shape index (κ2) is 7.73. The number of furan rings is 1. The molecule has 26 heavy (non-hydrogen) atoms. The minimum atomic E-state index is -0.869. The van der Waals surface area contributed by atoms with Crippen LogP contribution in [0.1, 0.15) is 17.7 Å². The molecule has 8 nitrogen and oxygen atoms in total. The zero-order valence-corrected chi connectivity index (χ0v) is 14.0. The van der Waals surface area contributed by atoms with Crippen LogP contribution in [0.5, 0.6) is 5.75 Å². The third-order valence-corrected chi connectivity index (χ3v) is 4.06. The number of hydrogen-bond acceptors (Lipinski definition) is 5. The highest BCUT2D eigenvalue weighted by Gasteiger charge is 2.39. The van der Waals surface area contributed by atoms with Gasteiger partial charge in [-0.05, 0) is 36.2 Å². The molecule has 0 bridgehead atoms. The average Bonchev–Trinajstić information content (AvgIpc) is 3.21. The van der Waals surface area contributed by atoms with Crippen molar-refractivity contribution in [1.82, 2.24) is 15.5 Å². The Balaban J connectivity index is 1.46. The molecule has 2 heterocycles. The summed E-state index contributed by atoms with van der Waals surface area (Å²) in [6.45, 7) is 0.436. The number of aromatic hydroxyl groups is 1. The normalized spacial score (nSPS) is 16.6. The van der Waals surface area contributed by atoms with Gasteiger partial charge in [0.2, 0.25) is 5.91 Å². The van der Waals surface area contributed by atoms with Crippen molar-refractivity contribution in [3.05, 3.63) is 54.0 Å². The minimum Gasteiger partial charge on any atom is -0.508 e. The number of rotatable bonds is 7. The second-order valence-electron chi connectivity index (χ2n) is 5.98. The summed E-state index contributed by atoms with van der Waals surface area (Å²) in [6.07, 6.45) is 1.95. The van der Waals surface area contributed by atoms with Crippen molar-refractivity contribution in [1.29, 1.82) is 0 Å². The van der Waals surface area contributed by atoms with Crippen molar-refractivity contribution >= 4 is 17.8 Å². The Morgan fingerprint density at radius 1 is 1.23 bits per heavy atom. The molecule has 1 saturated heterocycles.